The molecule has 1 aromatic carbocycles. The Labute approximate surface area is 117 Å². The Balaban J connectivity index is 1.90. The minimum absolute atomic E-state index is 0.677. The molecule has 0 fully saturated rings. The fourth-order valence-electron chi connectivity index (χ4n) is 2.26. The molecule has 2 heterocycles. The minimum atomic E-state index is 0.677. The normalized spacial score (nSPS) is 10.7. The number of nitrogens with zero attached hydrogens (tertiary/aromatic N) is 3. The molecule has 0 aliphatic heterocycles. The van der Waals surface area contributed by atoms with Gasteiger partial charge in [0.15, 0.2) is 0 Å². The topological polar surface area (TPSA) is 50.7 Å². The molecule has 100 valence electrons. The third-order valence-electron chi connectivity index (χ3n) is 3.27. The van der Waals surface area contributed by atoms with Crippen molar-refractivity contribution in [2.75, 3.05) is 5.32 Å². The molecule has 0 saturated carbocycles. The van der Waals surface area contributed by atoms with Crippen LogP contribution in [0.2, 0.25) is 0 Å². The highest BCUT2D eigenvalue weighted by atomic mass is 14.9. The molecular formula is C16H16N4. The lowest BCUT2D eigenvalue weighted by atomic mass is 10.1. The van der Waals surface area contributed by atoms with Gasteiger partial charge in [0.1, 0.15) is 5.82 Å². The molecule has 0 aliphatic carbocycles. The van der Waals surface area contributed by atoms with Gasteiger partial charge in [0, 0.05) is 23.5 Å². The molecule has 3 rings (SSSR count). The zero-order valence-corrected chi connectivity index (χ0v) is 11.6. The van der Waals surface area contributed by atoms with Gasteiger partial charge in [-0.05, 0) is 43.7 Å². The summed E-state index contributed by atoms with van der Waals surface area (Å²) in [5, 5.41) is 4.57. The van der Waals surface area contributed by atoms with E-state index in [2.05, 4.69) is 45.4 Å². The van der Waals surface area contributed by atoms with Crippen molar-refractivity contribution in [3.8, 4) is 0 Å². The molecular weight excluding hydrogens is 248 g/mol. The van der Waals surface area contributed by atoms with Gasteiger partial charge in [-0.15, -0.1) is 0 Å². The second-order valence-corrected chi connectivity index (χ2v) is 4.78. The summed E-state index contributed by atoms with van der Waals surface area (Å²) < 4.78 is 0. The number of rotatable bonds is 3. The molecule has 2 aromatic heterocycles. The molecule has 20 heavy (non-hydrogen) atoms. The number of aryl methyl sites for hydroxylation is 2. The predicted molar refractivity (Wildman–Crippen MR) is 80.6 cm³/mol. The summed E-state index contributed by atoms with van der Waals surface area (Å²) in [5.41, 5.74) is 4.28. The minimum Gasteiger partial charge on any atom is -0.379 e. The standard InChI is InChI=1S/C16H16N4/c1-11-5-6-15(14-4-3-8-18-16(11)14)19-10-13-7-9-17-12(2)20-13/h3-9,19H,10H2,1-2H3. The maximum Gasteiger partial charge on any atom is 0.125 e. The summed E-state index contributed by atoms with van der Waals surface area (Å²) in [6.45, 7) is 4.65. The van der Waals surface area contributed by atoms with Crippen molar-refractivity contribution >= 4 is 16.6 Å². The lowest BCUT2D eigenvalue weighted by Crippen LogP contribution is -2.04. The molecule has 3 aromatic rings. The van der Waals surface area contributed by atoms with E-state index in [-0.39, 0.29) is 0 Å². The molecule has 0 amide bonds. The first-order chi connectivity index (χ1) is 9.74. The molecule has 0 saturated heterocycles. The van der Waals surface area contributed by atoms with Gasteiger partial charge in [-0.3, -0.25) is 4.98 Å². The van der Waals surface area contributed by atoms with Crippen molar-refractivity contribution < 1.29 is 0 Å². The van der Waals surface area contributed by atoms with Crippen LogP contribution in [-0.4, -0.2) is 15.0 Å². The van der Waals surface area contributed by atoms with Crippen molar-refractivity contribution in [1.82, 2.24) is 15.0 Å². The molecule has 0 bridgehead atoms. The number of benzene rings is 1. The molecule has 0 atom stereocenters. The number of pyridine rings is 1. The van der Waals surface area contributed by atoms with Gasteiger partial charge in [-0.2, -0.15) is 0 Å². The molecule has 0 spiro atoms. The average molecular weight is 264 g/mol. The molecule has 4 heteroatoms. The number of aromatic nitrogens is 3. The fraction of sp³-hybridized carbons (Fsp3) is 0.188. The number of hydrogen-bond acceptors (Lipinski definition) is 4. The molecule has 0 radical (unpaired) electrons. The lowest BCUT2D eigenvalue weighted by Gasteiger charge is -2.10. The number of nitrogens with one attached hydrogen (secondary N) is 1. The van der Waals surface area contributed by atoms with E-state index in [4.69, 9.17) is 0 Å². The van der Waals surface area contributed by atoms with Crippen molar-refractivity contribution in [1.29, 1.82) is 0 Å². The summed E-state index contributed by atoms with van der Waals surface area (Å²) in [4.78, 5) is 12.9. The van der Waals surface area contributed by atoms with Crippen LogP contribution in [0, 0.1) is 13.8 Å². The van der Waals surface area contributed by atoms with Crippen LogP contribution in [0.1, 0.15) is 17.1 Å². The molecule has 0 aliphatic rings. The van der Waals surface area contributed by atoms with Crippen LogP contribution >= 0.6 is 0 Å². The lowest BCUT2D eigenvalue weighted by molar-refractivity contribution is 0.956. The van der Waals surface area contributed by atoms with Gasteiger partial charge >= 0.3 is 0 Å². The second kappa shape index (κ2) is 5.25. The monoisotopic (exact) mass is 264 g/mol. The van der Waals surface area contributed by atoms with Crippen LogP contribution in [-0.2, 0) is 6.54 Å². The van der Waals surface area contributed by atoms with Gasteiger partial charge in [-0.1, -0.05) is 6.07 Å². The quantitative estimate of drug-likeness (QED) is 0.789. The Morgan fingerprint density at radius 3 is 2.75 bits per heavy atom. The Morgan fingerprint density at radius 1 is 1.00 bits per heavy atom. The molecule has 0 unspecified atom stereocenters. The van der Waals surface area contributed by atoms with Gasteiger partial charge in [0.05, 0.1) is 17.8 Å². The largest absolute Gasteiger partial charge is 0.379 e. The SMILES string of the molecule is Cc1nccc(CNc2ccc(C)c3ncccc23)n1. The van der Waals surface area contributed by atoms with Crippen LogP contribution < -0.4 is 5.32 Å². The van der Waals surface area contributed by atoms with Crippen molar-refractivity contribution in [3.05, 3.63) is 59.8 Å². The van der Waals surface area contributed by atoms with E-state index in [0.29, 0.717) is 6.54 Å². The maximum absolute atomic E-state index is 4.44. The Bertz CT molecular complexity index is 752. The van der Waals surface area contributed by atoms with Gasteiger partial charge < -0.3 is 5.32 Å². The third-order valence-corrected chi connectivity index (χ3v) is 3.27. The summed E-state index contributed by atoms with van der Waals surface area (Å²) in [5.74, 6) is 0.791. The Hall–Kier alpha value is -2.49. The molecule has 4 nitrogen and oxygen atoms in total. The summed E-state index contributed by atoms with van der Waals surface area (Å²) in [6.07, 6.45) is 3.61. The van der Waals surface area contributed by atoms with E-state index in [1.54, 1.807) is 6.20 Å². The summed E-state index contributed by atoms with van der Waals surface area (Å²) in [6, 6.07) is 10.1. The molecule has 1 N–H and O–H groups in total. The Morgan fingerprint density at radius 2 is 1.90 bits per heavy atom. The predicted octanol–water partition coefficient (Wildman–Crippen LogP) is 3.25. The summed E-state index contributed by atoms with van der Waals surface area (Å²) in [7, 11) is 0. The first-order valence-electron chi connectivity index (χ1n) is 6.61. The maximum atomic E-state index is 4.44. The number of fused-ring (bicyclic) bond motifs is 1. The van der Waals surface area contributed by atoms with Crippen molar-refractivity contribution in [2.24, 2.45) is 0 Å². The summed E-state index contributed by atoms with van der Waals surface area (Å²) >= 11 is 0. The van der Waals surface area contributed by atoms with E-state index in [1.165, 1.54) is 5.56 Å². The van der Waals surface area contributed by atoms with Crippen molar-refractivity contribution in [2.45, 2.75) is 20.4 Å². The first-order valence-corrected chi connectivity index (χ1v) is 6.61. The third kappa shape index (κ3) is 2.45. The highest BCUT2D eigenvalue weighted by molar-refractivity contribution is 5.93. The van der Waals surface area contributed by atoms with Crippen LogP contribution in [0.15, 0.2) is 42.7 Å². The smallest absolute Gasteiger partial charge is 0.125 e. The van der Waals surface area contributed by atoms with E-state index < -0.39 is 0 Å². The van der Waals surface area contributed by atoms with Crippen LogP contribution in [0.3, 0.4) is 0 Å². The fourth-order valence-corrected chi connectivity index (χ4v) is 2.26. The first kappa shape index (κ1) is 12.5. The van der Waals surface area contributed by atoms with Gasteiger partial charge in [0.25, 0.3) is 0 Å². The zero-order valence-electron chi connectivity index (χ0n) is 11.6. The number of hydrogen-bond donors (Lipinski definition) is 1. The second-order valence-electron chi connectivity index (χ2n) is 4.78. The van der Waals surface area contributed by atoms with Gasteiger partial charge in [0.2, 0.25) is 0 Å². The highest BCUT2D eigenvalue weighted by Crippen LogP contribution is 2.24. The van der Waals surface area contributed by atoms with Gasteiger partial charge in [-0.25, -0.2) is 9.97 Å². The zero-order chi connectivity index (χ0) is 13.9. The number of anilines is 1. The van der Waals surface area contributed by atoms with E-state index in [1.807, 2.05) is 25.3 Å². The highest BCUT2D eigenvalue weighted by Gasteiger charge is 2.04. The Kier molecular flexibility index (Phi) is 3.29. The van der Waals surface area contributed by atoms with Crippen LogP contribution in [0.4, 0.5) is 5.69 Å². The van der Waals surface area contributed by atoms with E-state index in [0.717, 1.165) is 28.1 Å². The average Bonchev–Trinajstić information content (AvgIpc) is 2.47. The van der Waals surface area contributed by atoms with Crippen LogP contribution in [0.25, 0.3) is 10.9 Å². The van der Waals surface area contributed by atoms with Crippen LogP contribution in [0.5, 0.6) is 0 Å². The van der Waals surface area contributed by atoms with E-state index in [9.17, 15) is 0 Å². The van der Waals surface area contributed by atoms with E-state index >= 15 is 0 Å². The van der Waals surface area contributed by atoms with Crippen molar-refractivity contribution in [3.63, 3.8) is 0 Å².